The van der Waals surface area contributed by atoms with E-state index in [0.29, 0.717) is 34.4 Å². The first-order valence-electron chi connectivity index (χ1n) is 9.33. The van der Waals surface area contributed by atoms with Gasteiger partial charge in [0.2, 0.25) is 0 Å². The van der Waals surface area contributed by atoms with E-state index in [1.807, 2.05) is 12.1 Å². The molecule has 134 valence electrons. The maximum Gasteiger partial charge on any atom is 0.188 e. The molecule has 0 N–H and O–H groups in total. The van der Waals surface area contributed by atoms with E-state index in [9.17, 15) is 4.39 Å². The summed E-state index contributed by atoms with van der Waals surface area (Å²) < 4.78 is 15.9. The Bertz CT molecular complexity index is 975. The van der Waals surface area contributed by atoms with Crippen LogP contribution in [0, 0.1) is 17.2 Å². The summed E-state index contributed by atoms with van der Waals surface area (Å²) in [5.41, 5.74) is 1.53. The van der Waals surface area contributed by atoms with Crippen LogP contribution < -0.4 is 4.90 Å². The van der Waals surface area contributed by atoms with Crippen molar-refractivity contribution >= 4 is 11.5 Å². The van der Waals surface area contributed by atoms with Crippen LogP contribution >= 0.6 is 0 Å². The topological polar surface area (TPSA) is 46.3 Å². The smallest absolute Gasteiger partial charge is 0.188 e. The Hall–Kier alpha value is -2.50. The van der Waals surface area contributed by atoms with Gasteiger partial charge in [0.05, 0.1) is 5.56 Å². The fraction of sp³-hybridized carbons (Fsp3) is 0.450. The molecule has 6 heteroatoms. The van der Waals surface area contributed by atoms with Crippen LogP contribution in [0.25, 0.3) is 17.0 Å². The van der Waals surface area contributed by atoms with Gasteiger partial charge in [-0.25, -0.2) is 4.39 Å². The van der Waals surface area contributed by atoms with Crippen LogP contribution in [0.5, 0.6) is 0 Å². The van der Waals surface area contributed by atoms with Crippen LogP contribution in [-0.2, 0) is 0 Å². The molecule has 5 nitrogen and oxygen atoms in total. The second-order valence-electron chi connectivity index (χ2n) is 8.00. The van der Waals surface area contributed by atoms with E-state index in [0.717, 1.165) is 12.4 Å². The summed E-state index contributed by atoms with van der Waals surface area (Å²) in [6.45, 7) is 5.64. The summed E-state index contributed by atoms with van der Waals surface area (Å²) >= 11 is 0. The van der Waals surface area contributed by atoms with Gasteiger partial charge in [0.15, 0.2) is 11.5 Å². The maximum atomic E-state index is 14.2. The number of rotatable bonds is 3. The van der Waals surface area contributed by atoms with Gasteiger partial charge in [-0.3, -0.25) is 0 Å². The molecule has 2 aliphatic rings. The Balaban J connectivity index is 1.56. The van der Waals surface area contributed by atoms with Crippen molar-refractivity contribution in [2.24, 2.45) is 11.3 Å². The Morgan fingerprint density at radius 1 is 1.12 bits per heavy atom. The van der Waals surface area contributed by atoms with Crippen LogP contribution in [0.15, 0.2) is 36.4 Å². The van der Waals surface area contributed by atoms with Crippen LogP contribution in [0.1, 0.15) is 33.1 Å². The predicted octanol–water partition coefficient (Wildman–Crippen LogP) is 3.95. The molecule has 2 aromatic heterocycles. The zero-order chi connectivity index (χ0) is 17.9. The quantitative estimate of drug-likeness (QED) is 0.717. The fourth-order valence-corrected chi connectivity index (χ4v) is 4.87. The summed E-state index contributed by atoms with van der Waals surface area (Å²) in [4.78, 5) is 2.40. The van der Waals surface area contributed by atoms with Gasteiger partial charge in [-0.2, -0.15) is 4.52 Å². The van der Waals surface area contributed by atoms with Crippen molar-refractivity contribution in [2.75, 3.05) is 11.4 Å². The Labute approximate surface area is 151 Å². The van der Waals surface area contributed by atoms with Gasteiger partial charge in [-0.1, -0.05) is 32.4 Å². The number of benzene rings is 1. The first-order valence-corrected chi connectivity index (χ1v) is 9.33. The zero-order valence-corrected chi connectivity index (χ0v) is 15.1. The van der Waals surface area contributed by atoms with Crippen LogP contribution in [0.4, 0.5) is 10.2 Å². The number of halogens is 1. The minimum Gasteiger partial charge on any atom is -0.351 e. The van der Waals surface area contributed by atoms with E-state index in [1.165, 1.54) is 25.3 Å². The molecule has 0 bridgehead atoms. The highest BCUT2D eigenvalue weighted by Gasteiger charge is 2.57. The van der Waals surface area contributed by atoms with E-state index in [2.05, 4.69) is 28.9 Å². The molecule has 26 heavy (non-hydrogen) atoms. The van der Waals surface area contributed by atoms with E-state index in [4.69, 9.17) is 5.10 Å². The standard InChI is InChI=1S/C20H22FN5/c1-13(2)18-20(10-5-11-20)12-25(18)17-9-8-16-22-23-19(26(16)24-17)14-6-3-4-7-15(14)21/h3-4,6-9,13,18H,5,10-12H2,1-2H3. The molecule has 2 fully saturated rings. The second-order valence-corrected chi connectivity index (χ2v) is 8.00. The van der Waals surface area contributed by atoms with Crippen LogP contribution in [0.3, 0.4) is 0 Å². The van der Waals surface area contributed by atoms with E-state index in [-0.39, 0.29) is 5.82 Å². The number of fused-ring (bicyclic) bond motifs is 1. The average Bonchev–Trinajstić information content (AvgIpc) is 2.96. The largest absolute Gasteiger partial charge is 0.351 e. The molecule has 1 aliphatic heterocycles. The predicted molar refractivity (Wildman–Crippen MR) is 98.4 cm³/mol. The van der Waals surface area contributed by atoms with Crippen molar-refractivity contribution < 1.29 is 4.39 Å². The minimum atomic E-state index is -0.313. The molecule has 1 aliphatic carbocycles. The van der Waals surface area contributed by atoms with Gasteiger partial charge >= 0.3 is 0 Å². The number of nitrogens with zero attached hydrogens (tertiary/aromatic N) is 5. The molecular weight excluding hydrogens is 329 g/mol. The lowest BCUT2D eigenvalue weighted by Gasteiger charge is -2.64. The SMILES string of the molecule is CC(C)C1N(c2ccc3nnc(-c4ccccc4F)n3n2)CC12CCC2. The van der Waals surface area contributed by atoms with Gasteiger partial charge < -0.3 is 4.90 Å². The molecule has 1 spiro atoms. The van der Waals surface area contributed by atoms with Crippen molar-refractivity contribution in [2.45, 2.75) is 39.2 Å². The van der Waals surface area contributed by atoms with Gasteiger partial charge in [0.25, 0.3) is 0 Å². The third-order valence-corrected chi connectivity index (χ3v) is 6.09. The van der Waals surface area contributed by atoms with Crippen molar-refractivity contribution in [3.8, 4) is 11.4 Å². The van der Waals surface area contributed by atoms with Gasteiger partial charge in [-0.05, 0) is 43.0 Å². The molecule has 1 unspecified atom stereocenters. The van der Waals surface area contributed by atoms with Crippen molar-refractivity contribution in [3.63, 3.8) is 0 Å². The molecular formula is C20H22FN5. The van der Waals surface area contributed by atoms with Gasteiger partial charge in [-0.15, -0.1) is 15.3 Å². The number of hydrogen-bond donors (Lipinski definition) is 0. The number of hydrogen-bond acceptors (Lipinski definition) is 4. The van der Waals surface area contributed by atoms with Crippen LogP contribution in [-0.4, -0.2) is 32.4 Å². The van der Waals surface area contributed by atoms with Crippen molar-refractivity contribution in [3.05, 3.63) is 42.2 Å². The molecule has 3 heterocycles. The van der Waals surface area contributed by atoms with Gasteiger partial charge in [0.1, 0.15) is 11.6 Å². The average molecular weight is 351 g/mol. The highest BCUT2D eigenvalue weighted by Crippen LogP contribution is 2.56. The van der Waals surface area contributed by atoms with E-state index >= 15 is 0 Å². The third-order valence-electron chi connectivity index (χ3n) is 6.09. The van der Waals surface area contributed by atoms with Crippen molar-refractivity contribution in [1.29, 1.82) is 0 Å². The van der Waals surface area contributed by atoms with Gasteiger partial charge in [0, 0.05) is 18.0 Å². The van der Waals surface area contributed by atoms with E-state index < -0.39 is 0 Å². The minimum absolute atomic E-state index is 0.313. The summed E-state index contributed by atoms with van der Waals surface area (Å²) in [7, 11) is 0. The lowest BCUT2D eigenvalue weighted by Crippen LogP contribution is -2.69. The molecule has 3 aromatic rings. The Kier molecular flexibility index (Phi) is 3.33. The van der Waals surface area contributed by atoms with Crippen LogP contribution in [0.2, 0.25) is 0 Å². The lowest BCUT2D eigenvalue weighted by atomic mass is 9.55. The first-order chi connectivity index (χ1) is 12.6. The van der Waals surface area contributed by atoms with E-state index in [1.54, 1.807) is 22.7 Å². The summed E-state index contributed by atoms with van der Waals surface area (Å²) in [5.74, 6) is 1.63. The Morgan fingerprint density at radius 2 is 1.92 bits per heavy atom. The maximum absolute atomic E-state index is 14.2. The summed E-state index contributed by atoms with van der Waals surface area (Å²) in [6.07, 6.45) is 3.98. The molecule has 0 radical (unpaired) electrons. The highest BCUT2D eigenvalue weighted by atomic mass is 19.1. The first kappa shape index (κ1) is 15.7. The number of aromatic nitrogens is 4. The monoisotopic (exact) mass is 351 g/mol. The van der Waals surface area contributed by atoms with Crippen molar-refractivity contribution in [1.82, 2.24) is 19.8 Å². The molecule has 5 rings (SSSR count). The molecule has 1 saturated carbocycles. The molecule has 1 aromatic carbocycles. The highest BCUT2D eigenvalue weighted by molar-refractivity contribution is 5.60. The summed E-state index contributed by atoms with van der Waals surface area (Å²) in [5, 5.41) is 13.1. The second kappa shape index (κ2) is 5.50. The lowest BCUT2D eigenvalue weighted by molar-refractivity contribution is 0.00570. The molecule has 0 amide bonds. The molecule has 1 saturated heterocycles. The zero-order valence-electron chi connectivity index (χ0n) is 15.1. The molecule has 1 atom stereocenters. The fourth-order valence-electron chi connectivity index (χ4n) is 4.87. The normalized spacial score (nSPS) is 21.2. The summed E-state index contributed by atoms with van der Waals surface area (Å²) in [6, 6.07) is 11.1. The number of anilines is 1. The third kappa shape index (κ3) is 2.11. The Morgan fingerprint density at radius 3 is 2.62 bits per heavy atom.